The number of hydrogen-bond donors (Lipinski definition) is 5. The topological polar surface area (TPSA) is 407 Å². The molecule has 7 aliphatic rings. The van der Waals surface area contributed by atoms with Crippen LogP contribution in [0.3, 0.4) is 0 Å². The first-order valence-electron chi connectivity index (χ1n) is 41.1. The normalized spacial score (nSPS) is 18.5. The monoisotopic (exact) mass is 1820 g/mol. The Kier molecular flexibility index (Phi) is 30.2. The molecule has 0 saturated carbocycles. The highest BCUT2D eigenvalue weighted by molar-refractivity contribution is 14.1. The number of carbonyl (C=O) groups excluding carboxylic acids is 6. The van der Waals surface area contributed by atoms with E-state index in [9.17, 15) is 38.7 Å². The van der Waals surface area contributed by atoms with Crippen LogP contribution in [0, 0.1) is 16.7 Å². The number of nitrogens with two attached hydrogens (primary N) is 1. The number of nitrogens with one attached hydrogen (secondary N) is 3. The van der Waals surface area contributed by atoms with E-state index in [0.29, 0.717) is 126 Å². The molecule has 35 nitrogen and oxygen atoms in total. The number of rotatable bonds is 13. The number of β-amino-alcohol motifs (C(OH)–C–C–N with tert-alkyl or cyclic N) is 1. The fourth-order valence-corrected chi connectivity index (χ4v) is 15.6. The summed E-state index contributed by atoms with van der Waals surface area (Å²) < 4.78 is 64.5. The van der Waals surface area contributed by atoms with Crippen molar-refractivity contribution in [2.24, 2.45) is 0 Å². The number of Topliss-reactive ketones (excluding diaryl/α,β-unsaturated/α-hetero) is 3. The molecule has 4 aromatic carbocycles. The molecule has 36 heteroatoms. The molecular formula is C88H105IN16O19. The molecule has 658 valence electrons. The summed E-state index contributed by atoms with van der Waals surface area (Å²) in [5.41, 5.74) is 15.3. The van der Waals surface area contributed by atoms with Crippen LogP contribution in [0.2, 0.25) is 0 Å². The van der Waals surface area contributed by atoms with Gasteiger partial charge in [0.1, 0.15) is 50.8 Å². The van der Waals surface area contributed by atoms with E-state index in [1.807, 2.05) is 159 Å². The Morgan fingerprint density at radius 1 is 0.460 bits per heavy atom. The van der Waals surface area contributed by atoms with E-state index < -0.39 is 22.9 Å². The molecule has 0 bridgehead atoms. The first kappa shape index (κ1) is 92.0. The Morgan fingerprint density at radius 3 is 1.18 bits per heavy atom. The van der Waals surface area contributed by atoms with Crippen molar-refractivity contribution in [3.05, 3.63) is 173 Å². The number of ketones is 3. The number of aromatic amines is 3. The number of aliphatic hydroxyl groups excluding tert-OH is 1. The maximum atomic E-state index is 12.9. The third kappa shape index (κ3) is 23.1. The summed E-state index contributed by atoms with van der Waals surface area (Å²) in [5.74, 6) is -0.266. The molecule has 0 spiro atoms. The number of anilines is 1. The molecule has 124 heavy (non-hydrogen) atoms. The third-order valence-corrected chi connectivity index (χ3v) is 21.5. The van der Waals surface area contributed by atoms with Crippen LogP contribution in [0.1, 0.15) is 213 Å². The molecule has 7 saturated heterocycles. The number of benzene rings is 4. The number of nitrogen functional groups attached to an aromatic ring is 1. The standard InChI is InChI=1S/C25H30N4O5.C24H30N6O5.C15H13N3O3.C14H13IN2O3.C10H19NO3/c1-16(30)22-21(26-5)20(17-8-10-18(11-9-17)23-32-13-14-33-23)27-29(22)19-7-6-12-28(15-19)24(31)34-25(2,3)4;1-24(2,3)35-23(32)29-10-4-5-16(13-29)30-19-17(20(25)26-27-21(19)31)18(28-30)14-6-8-15(9-7-14)22-33-11-12-34-22;1-9(19)12-14(16-2)13(18-17-12)10-3-5-11(6-4-10)15-20-7-8-21-15;1-8(18)12-11(15)13(17-16-12)9-2-4-10(5-3-9)14-19-6-7-20-14;1-10(2,3)14-9(13)11-6-4-5-8(12)7-11/h8-11,19,23H,6-7,12-15H2,1-4H3;6-9,16,22H,4-5,10-13H2,1-3H3,(H2,25,26)(H,27,31);3-6,15H,7-8H2,1H3,(H,17,18);2-5,14H,6-7H2,1H3,(H,16,17);8,12H,4-7H2,1-3H3/t19-;16-;;;8-/m11..0/s1. The zero-order valence-corrected chi connectivity index (χ0v) is 73.7. The van der Waals surface area contributed by atoms with Crippen LogP contribution < -0.4 is 11.3 Å². The molecule has 0 aliphatic carbocycles. The number of likely N-dealkylation sites (tertiary alicyclic amines) is 3. The van der Waals surface area contributed by atoms with Crippen molar-refractivity contribution in [3.63, 3.8) is 0 Å². The number of amides is 3. The summed E-state index contributed by atoms with van der Waals surface area (Å²) >= 11 is 2.14. The van der Waals surface area contributed by atoms with E-state index in [4.69, 9.17) is 81.2 Å². The van der Waals surface area contributed by atoms with Crippen molar-refractivity contribution >= 4 is 86.3 Å². The maximum Gasteiger partial charge on any atom is 0.410 e. The van der Waals surface area contributed by atoms with E-state index in [1.165, 1.54) is 20.8 Å². The van der Waals surface area contributed by atoms with Gasteiger partial charge < -0.3 is 77.6 Å². The summed E-state index contributed by atoms with van der Waals surface area (Å²) in [4.78, 5) is 97.3. The second-order valence-electron chi connectivity index (χ2n) is 33.3. The highest BCUT2D eigenvalue weighted by Crippen LogP contribution is 2.41. The Balaban J connectivity index is 0.000000147. The van der Waals surface area contributed by atoms with Crippen LogP contribution in [0.4, 0.5) is 31.6 Å². The van der Waals surface area contributed by atoms with Crippen molar-refractivity contribution in [1.29, 1.82) is 0 Å². The van der Waals surface area contributed by atoms with Crippen molar-refractivity contribution in [2.45, 2.75) is 182 Å². The molecule has 3 amide bonds. The second kappa shape index (κ2) is 40.6. The van der Waals surface area contributed by atoms with Gasteiger partial charge in [-0.1, -0.05) is 97.1 Å². The summed E-state index contributed by atoms with van der Waals surface area (Å²) in [6.07, 6.45) is 1.80. The molecule has 16 rings (SSSR count). The number of carbonyl (C=O) groups is 6. The predicted octanol–water partition coefficient (Wildman–Crippen LogP) is 15.1. The molecule has 0 unspecified atom stereocenters. The van der Waals surface area contributed by atoms with Crippen molar-refractivity contribution < 1.29 is 86.0 Å². The Labute approximate surface area is 730 Å². The minimum Gasteiger partial charge on any atom is -0.444 e. The molecule has 6 N–H and O–H groups in total. The van der Waals surface area contributed by atoms with Gasteiger partial charge in [-0.2, -0.15) is 25.5 Å². The molecule has 7 fully saturated rings. The van der Waals surface area contributed by atoms with Crippen molar-refractivity contribution in [2.75, 3.05) is 97.9 Å². The largest absolute Gasteiger partial charge is 0.444 e. The van der Waals surface area contributed by atoms with E-state index >= 15 is 0 Å². The highest BCUT2D eigenvalue weighted by Gasteiger charge is 2.37. The third-order valence-electron chi connectivity index (χ3n) is 20.4. The molecule has 12 heterocycles. The van der Waals surface area contributed by atoms with Crippen LogP contribution in [-0.2, 0) is 52.1 Å². The summed E-state index contributed by atoms with van der Waals surface area (Å²) in [6, 6.07) is 30.0. The van der Waals surface area contributed by atoms with Gasteiger partial charge in [0.2, 0.25) is 11.4 Å². The lowest BCUT2D eigenvalue weighted by Gasteiger charge is -2.34. The van der Waals surface area contributed by atoms with E-state index in [-0.39, 0.29) is 107 Å². The first-order valence-corrected chi connectivity index (χ1v) is 42.2. The molecule has 7 aliphatic heterocycles. The van der Waals surface area contributed by atoms with Gasteiger partial charge in [0.05, 0.1) is 105 Å². The van der Waals surface area contributed by atoms with Crippen molar-refractivity contribution in [3.8, 4) is 45.0 Å². The smallest absolute Gasteiger partial charge is 0.410 e. The van der Waals surface area contributed by atoms with Crippen LogP contribution in [0.25, 0.3) is 65.6 Å². The van der Waals surface area contributed by atoms with E-state index in [0.717, 1.165) is 92.3 Å². The number of aromatic nitrogens is 10. The first-order chi connectivity index (χ1) is 59.1. The minimum absolute atomic E-state index is 0.0162. The molecule has 0 radical (unpaired) electrons. The molecule has 9 aromatic rings. The summed E-state index contributed by atoms with van der Waals surface area (Å²) in [6.45, 7) is 43.6. The predicted molar refractivity (Wildman–Crippen MR) is 463 cm³/mol. The maximum absolute atomic E-state index is 12.9. The van der Waals surface area contributed by atoms with Crippen molar-refractivity contribution in [1.82, 2.24) is 64.9 Å². The number of piperidine rings is 3. The van der Waals surface area contributed by atoms with Gasteiger partial charge in [0, 0.05) is 79.6 Å². The molecule has 5 aromatic heterocycles. The van der Waals surface area contributed by atoms with E-state index in [2.05, 4.69) is 62.9 Å². The highest BCUT2D eigenvalue weighted by atomic mass is 127. The zero-order valence-electron chi connectivity index (χ0n) is 71.5. The number of halogens is 1. The van der Waals surface area contributed by atoms with Gasteiger partial charge in [-0.15, -0.1) is 0 Å². The quantitative estimate of drug-likeness (QED) is 0.0310. The fourth-order valence-electron chi connectivity index (χ4n) is 14.7. The number of fused-ring (bicyclic) bond motifs is 1. The lowest BCUT2D eigenvalue weighted by molar-refractivity contribution is -0.0443. The number of H-pyrrole nitrogens is 3. The average Bonchev–Trinajstić information content (AvgIpc) is 1.58. The Bertz CT molecular complexity index is 5400. The van der Waals surface area contributed by atoms with Crippen LogP contribution in [0.15, 0.2) is 102 Å². The lowest BCUT2D eigenvalue weighted by Crippen LogP contribution is -2.44. The number of nitrogens with zero attached hydrogens (tertiary/aromatic N) is 12. The number of aliphatic hydroxyl groups is 1. The summed E-state index contributed by atoms with van der Waals surface area (Å²) in [7, 11) is 0. The van der Waals surface area contributed by atoms with Gasteiger partial charge in [-0.3, -0.25) is 38.7 Å². The van der Waals surface area contributed by atoms with Crippen LogP contribution in [0.5, 0.6) is 0 Å². The van der Waals surface area contributed by atoms with Gasteiger partial charge in [0.15, 0.2) is 48.3 Å². The van der Waals surface area contributed by atoms with Gasteiger partial charge in [-0.05, 0) is 148 Å². The van der Waals surface area contributed by atoms with Gasteiger partial charge >= 0.3 is 18.3 Å². The molecule has 3 atom stereocenters. The number of hydrogen-bond acceptors (Lipinski definition) is 25. The SMILES string of the molecule is CC(=O)c1[nH]nc(-c2ccc(C3OCCO3)cc2)c1I.CC(C)(C)OC(=O)N1CCC[C@@H](n2nc(-c3ccc(C4OCCO4)cc3)c3c(N)n[nH]c(=O)c32)C1.CC(C)(C)OC(=O)N1CCC[C@H](O)C1.[C-]#[N+]c1c(-c2ccc(C3OCCO3)cc2)n[nH]c1C(C)=O.[C-]#[N+]c1c(-c2ccc(C3OCCO3)cc2)nn([C@@H]2CCCN(C(=O)OC(C)(C)C)C2)c1C(C)=O. The number of ether oxygens (including phenoxy) is 11. The van der Waals surface area contributed by atoms with Gasteiger partial charge in [-0.25, -0.2) is 29.2 Å². The lowest BCUT2D eigenvalue weighted by atomic mass is 10.0. The Morgan fingerprint density at radius 2 is 0.806 bits per heavy atom. The zero-order chi connectivity index (χ0) is 88.9. The van der Waals surface area contributed by atoms with E-state index in [1.54, 1.807) is 24.1 Å². The average molecular weight is 1820 g/mol. The molecular weight excluding hydrogens is 1710 g/mol. The minimum atomic E-state index is -0.592. The Hall–Kier alpha value is -11.2. The van der Waals surface area contributed by atoms with Gasteiger partial charge in [0.25, 0.3) is 5.56 Å². The second-order valence-corrected chi connectivity index (χ2v) is 34.4. The van der Waals surface area contributed by atoms with Crippen LogP contribution in [-0.4, -0.2) is 221 Å². The van der Waals surface area contributed by atoms with Crippen LogP contribution >= 0.6 is 22.6 Å². The summed E-state index contributed by atoms with van der Waals surface area (Å²) in [5, 5.41) is 39.6. The fraction of sp³-hybridized carbons (Fsp3) is 0.477.